The first kappa shape index (κ1) is 10.2. The molecule has 0 aliphatic rings. The molecule has 1 amide bonds. The molecule has 0 fully saturated rings. The van der Waals surface area contributed by atoms with E-state index in [2.05, 4.69) is 10.5 Å². The van der Waals surface area contributed by atoms with E-state index in [4.69, 9.17) is 9.84 Å². The highest BCUT2D eigenvalue weighted by atomic mass is 16.6. The summed E-state index contributed by atoms with van der Waals surface area (Å²) >= 11 is 0. The predicted octanol–water partition coefficient (Wildman–Crippen LogP) is -0.519. The van der Waals surface area contributed by atoms with Crippen molar-refractivity contribution in [2.24, 2.45) is 5.73 Å². The molecule has 0 aliphatic carbocycles. The van der Waals surface area contributed by atoms with Crippen molar-refractivity contribution in [1.29, 1.82) is 0 Å². The molecule has 0 aliphatic heterocycles. The van der Waals surface area contributed by atoms with Crippen LogP contribution in [0.4, 0.5) is 4.79 Å². The number of hydrogen-bond acceptors (Lipinski definition) is 4. The molecule has 0 bridgehead atoms. The summed E-state index contributed by atoms with van der Waals surface area (Å²) in [5, 5.41) is 8.33. The quantitative estimate of drug-likeness (QED) is 0.516. The van der Waals surface area contributed by atoms with Gasteiger partial charge in [-0.1, -0.05) is 0 Å². The average molecular weight is 163 g/mol. The van der Waals surface area contributed by atoms with E-state index in [0.29, 0.717) is 19.6 Å². The summed E-state index contributed by atoms with van der Waals surface area (Å²) in [7, 11) is 0. The van der Waals surface area contributed by atoms with E-state index in [-0.39, 0.29) is 13.2 Å². The fraction of sp³-hybridized carbons (Fsp3) is 0.833. The monoisotopic (exact) mass is 163 g/mol. The minimum Gasteiger partial charge on any atom is -0.447 e. The van der Waals surface area contributed by atoms with E-state index < -0.39 is 6.09 Å². The molecule has 5 heteroatoms. The van der Waals surface area contributed by atoms with E-state index in [0.717, 1.165) is 0 Å². The van der Waals surface area contributed by atoms with Gasteiger partial charge in [-0.2, -0.15) is 0 Å². The second kappa shape index (κ2) is 7.30. The summed E-state index contributed by atoms with van der Waals surface area (Å²) < 4.78 is 9.31. The van der Waals surface area contributed by atoms with Gasteiger partial charge in [0.2, 0.25) is 0 Å². The molecule has 0 saturated carbocycles. The molecular weight excluding hydrogens is 150 g/mol. The SMILES string of the molecule is NC(=O)OCCOCCCO. The molecule has 0 rings (SSSR count). The number of aliphatic hydroxyl groups is 1. The fourth-order valence-corrected chi connectivity index (χ4v) is 0.470. The highest BCUT2D eigenvalue weighted by molar-refractivity contribution is 5.64. The van der Waals surface area contributed by atoms with E-state index in [1.807, 2.05) is 0 Å². The average Bonchev–Trinajstić information content (AvgIpc) is 1.96. The molecular formula is C6H13NO4. The lowest BCUT2D eigenvalue weighted by atomic mass is 10.5. The van der Waals surface area contributed by atoms with Crippen LogP contribution in [-0.4, -0.2) is 37.6 Å². The van der Waals surface area contributed by atoms with Gasteiger partial charge < -0.3 is 20.3 Å². The fourth-order valence-electron chi connectivity index (χ4n) is 0.470. The van der Waals surface area contributed by atoms with Gasteiger partial charge in [0.25, 0.3) is 0 Å². The maximum atomic E-state index is 9.99. The van der Waals surface area contributed by atoms with Gasteiger partial charge in [0.1, 0.15) is 6.61 Å². The Kier molecular flexibility index (Phi) is 6.76. The van der Waals surface area contributed by atoms with Crippen LogP contribution in [0.1, 0.15) is 6.42 Å². The molecule has 66 valence electrons. The van der Waals surface area contributed by atoms with Gasteiger partial charge in [-0.05, 0) is 6.42 Å². The second-order valence-electron chi connectivity index (χ2n) is 1.86. The van der Waals surface area contributed by atoms with Crippen molar-refractivity contribution in [2.45, 2.75) is 6.42 Å². The smallest absolute Gasteiger partial charge is 0.404 e. The number of nitrogens with two attached hydrogens (primary N) is 1. The predicted molar refractivity (Wildman–Crippen MR) is 38.1 cm³/mol. The van der Waals surface area contributed by atoms with Crippen molar-refractivity contribution in [2.75, 3.05) is 26.4 Å². The molecule has 5 nitrogen and oxygen atoms in total. The van der Waals surface area contributed by atoms with Crippen LogP contribution in [0.15, 0.2) is 0 Å². The Balaban J connectivity index is 2.85. The van der Waals surface area contributed by atoms with Gasteiger partial charge in [-0.25, -0.2) is 4.79 Å². The lowest BCUT2D eigenvalue weighted by Gasteiger charge is -2.02. The van der Waals surface area contributed by atoms with Crippen molar-refractivity contribution < 1.29 is 19.4 Å². The Bertz CT molecular complexity index is 107. The molecule has 0 atom stereocenters. The largest absolute Gasteiger partial charge is 0.447 e. The van der Waals surface area contributed by atoms with Crippen LogP contribution in [0.3, 0.4) is 0 Å². The van der Waals surface area contributed by atoms with Crippen molar-refractivity contribution >= 4 is 6.09 Å². The molecule has 0 aromatic carbocycles. The molecule has 0 aromatic heterocycles. The highest BCUT2D eigenvalue weighted by Gasteiger charge is 1.92. The minimum atomic E-state index is -0.796. The van der Waals surface area contributed by atoms with Crippen molar-refractivity contribution in [3.8, 4) is 0 Å². The molecule has 0 heterocycles. The molecule has 11 heavy (non-hydrogen) atoms. The first-order chi connectivity index (χ1) is 5.27. The van der Waals surface area contributed by atoms with Crippen LogP contribution < -0.4 is 5.73 Å². The van der Waals surface area contributed by atoms with Gasteiger partial charge in [0, 0.05) is 13.2 Å². The van der Waals surface area contributed by atoms with E-state index in [1.165, 1.54) is 0 Å². The zero-order valence-corrected chi connectivity index (χ0v) is 6.28. The summed E-state index contributed by atoms with van der Waals surface area (Å²) in [5.41, 5.74) is 4.68. The second-order valence-corrected chi connectivity index (χ2v) is 1.86. The third-order valence-electron chi connectivity index (χ3n) is 0.919. The number of rotatable bonds is 6. The van der Waals surface area contributed by atoms with Crippen molar-refractivity contribution in [3.63, 3.8) is 0 Å². The number of ether oxygens (including phenoxy) is 2. The number of aliphatic hydroxyl groups excluding tert-OH is 1. The van der Waals surface area contributed by atoms with Gasteiger partial charge in [-0.15, -0.1) is 0 Å². The number of amides is 1. The molecule has 0 saturated heterocycles. The number of carbonyl (C=O) groups excluding carboxylic acids is 1. The van der Waals surface area contributed by atoms with E-state index in [9.17, 15) is 4.79 Å². The van der Waals surface area contributed by atoms with Crippen molar-refractivity contribution in [3.05, 3.63) is 0 Å². The van der Waals surface area contributed by atoms with Crippen LogP contribution >= 0.6 is 0 Å². The lowest BCUT2D eigenvalue weighted by Crippen LogP contribution is -2.16. The number of primary amides is 1. The first-order valence-corrected chi connectivity index (χ1v) is 3.38. The van der Waals surface area contributed by atoms with Gasteiger partial charge in [0.05, 0.1) is 6.61 Å². The summed E-state index contributed by atoms with van der Waals surface area (Å²) in [6.45, 7) is 1.07. The van der Waals surface area contributed by atoms with Gasteiger partial charge >= 0.3 is 6.09 Å². The Labute approximate surface area is 65.1 Å². The summed E-state index contributed by atoms with van der Waals surface area (Å²) in [6.07, 6.45) is -0.202. The highest BCUT2D eigenvalue weighted by Crippen LogP contribution is 1.81. The lowest BCUT2D eigenvalue weighted by molar-refractivity contribution is 0.0689. The number of carbonyl (C=O) groups is 1. The number of hydrogen-bond donors (Lipinski definition) is 2. The molecule has 0 spiro atoms. The summed E-state index contributed by atoms with van der Waals surface area (Å²) in [6, 6.07) is 0. The Morgan fingerprint density at radius 3 is 2.64 bits per heavy atom. The normalized spacial score (nSPS) is 9.55. The third kappa shape index (κ3) is 9.19. The van der Waals surface area contributed by atoms with Crippen LogP contribution in [0, 0.1) is 0 Å². The zero-order valence-electron chi connectivity index (χ0n) is 6.28. The van der Waals surface area contributed by atoms with Crippen molar-refractivity contribution in [1.82, 2.24) is 0 Å². The summed E-state index contributed by atoms with van der Waals surface area (Å²) in [5.74, 6) is 0. The van der Waals surface area contributed by atoms with Gasteiger partial charge in [-0.3, -0.25) is 0 Å². The molecule has 0 radical (unpaired) electrons. The molecule has 0 unspecified atom stereocenters. The van der Waals surface area contributed by atoms with E-state index >= 15 is 0 Å². The Hall–Kier alpha value is -0.810. The van der Waals surface area contributed by atoms with Crippen LogP contribution in [0.25, 0.3) is 0 Å². The summed E-state index contributed by atoms with van der Waals surface area (Å²) in [4.78, 5) is 9.99. The zero-order chi connectivity index (χ0) is 8.53. The topological polar surface area (TPSA) is 81.8 Å². The molecule has 3 N–H and O–H groups in total. The minimum absolute atomic E-state index is 0.108. The maximum Gasteiger partial charge on any atom is 0.404 e. The van der Waals surface area contributed by atoms with Crippen LogP contribution in [0.2, 0.25) is 0 Å². The Morgan fingerprint density at radius 1 is 1.36 bits per heavy atom. The first-order valence-electron chi connectivity index (χ1n) is 3.38. The maximum absolute atomic E-state index is 9.99. The van der Waals surface area contributed by atoms with Gasteiger partial charge in [0.15, 0.2) is 0 Å². The van der Waals surface area contributed by atoms with Crippen LogP contribution in [0.5, 0.6) is 0 Å². The Morgan fingerprint density at radius 2 is 2.09 bits per heavy atom. The van der Waals surface area contributed by atoms with Crippen LogP contribution in [-0.2, 0) is 9.47 Å². The molecule has 0 aromatic rings. The third-order valence-corrected chi connectivity index (χ3v) is 0.919. The standard InChI is InChI=1S/C6H13NO4/c7-6(9)11-5-4-10-3-1-2-8/h8H,1-5H2,(H2,7,9). The van der Waals surface area contributed by atoms with E-state index in [1.54, 1.807) is 0 Å².